The van der Waals surface area contributed by atoms with E-state index >= 15 is 0 Å². The zero-order chi connectivity index (χ0) is 23.7. The summed E-state index contributed by atoms with van der Waals surface area (Å²) in [5, 5.41) is 12.8. The molecule has 1 aromatic heterocycles. The first-order valence-electron chi connectivity index (χ1n) is 9.81. The summed E-state index contributed by atoms with van der Waals surface area (Å²) < 4.78 is 43.4. The molecular formula is C20H25FN3O7P. The fourth-order valence-electron chi connectivity index (χ4n) is 3.46. The third-order valence-corrected chi connectivity index (χ3v) is 7.12. The molecule has 1 amide bonds. The second-order valence-corrected chi connectivity index (χ2v) is 9.83. The highest BCUT2D eigenvalue weighted by molar-refractivity contribution is 7.62. The molecule has 0 saturated carbocycles. The van der Waals surface area contributed by atoms with Gasteiger partial charge in [0.25, 0.3) is 11.5 Å². The summed E-state index contributed by atoms with van der Waals surface area (Å²) >= 11 is 0. The molecular weight excluding hydrogens is 444 g/mol. The van der Waals surface area contributed by atoms with Crippen LogP contribution in [0.1, 0.15) is 42.1 Å². The SMILES string of the molecule is COP(=O)(OC)c1cc(F)ccc1CNC(=O)c1nc2n(c(=O)c1O)CCCOC2(C)C. The molecule has 3 rings (SSSR count). The van der Waals surface area contributed by atoms with Crippen molar-refractivity contribution in [3.05, 3.63) is 51.5 Å². The maximum absolute atomic E-state index is 13.8. The van der Waals surface area contributed by atoms with Crippen molar-refractivity contribution < 1.29 is 32.6 Å². The number of hydrogen-bond acceptors (Lipinski definition) is 8. The van der Waals surface area contributed by atoms with E-state index in [-0.39, 0.29) is 23.2 Å². The van der Waals surface area contributed by atoms with Gasteiger partial charge in [-0.25, -0.2) is 9.37 Å². The number of aromatic hydroxyl groups is 1. The van der Waals surface area contributed by atoms with E-state index in [2.05, 4.69) is 10.3 Å². The molecule has 2 N–H and O–H groups in total. The summed E-state index contributed by atoms with van der Waals surface area (Å²) in [7, 11) is -1.49. The van der Waals surface area contributed by atoms with E-state index in [4.69, 9.17) is 13.8 Å². The third-order valence-electron chi connectivity index (χ3n) is 5.15. The molecule has 12 heteroatoms. The van der Waals surface area contributed by atoms with Crippen LogP contribution in [-0.4, -0.2) is 41.4 Å². The highest BCUT2D eigenvalue weighted by atomic mass is 31.2. The lowest BCUT2D eigenvalue weighted by Gasteiger charge is -2.25. The van der Waals surface area contributed by atoms with Gasteiger partial charge in [0, 0.05) is 33.9 Å². The average Bonchev–Trinajstić information content (AvgIpc) is 2.92. The molecule has 174 valence electrons. The van der Waals surface area contributed by atoms with Crippen LogP contribution in [0.5, 0.6) is 5.75 Å². The molecule has 0 fully saturated rings. The summed E-state index contributed by atoms with van der Waals surface area (Å²) in [4.78, 5) is 29.7. The lowest BCUT2D eigenvalue weighted by Crippen LogP contribution is -2.36. The number of fused-ring (bicyclic) bond motifs is 1. The van der Waals surface area contributed by atoms with Crippen molar-refractivity contribution in [2.75, 3.05) is 20.8 Å². The van der Waals surface area contributed by atoms with Crippen LogP contribution in [-0.2, 0) is 37.0 Å². The van der Waals surface area contributed by atoms with Gasteiger partial charge in [0.2, 0.25) is 5.75 Å². The van der Waals surface area contributed by atoms with E-state index in [1.165, 1.54) is 10.6 Å². The number of hydrogen-bond donors (Lipinski definition) is 2. The monoisotopic (exact) mass is 469 g/mol. The predicted octanol–water partition coefficient (Wildman–Crippen LogP) is 1.78. The molecule has 2 aromatic rings. The van der Waals surface area contributed by atoms with E-state index in [1.54, 1.807) is 13.8 Å². The average molecular weight is 469 g/mol. The molecule has 0 aliphatic carbocycles. The van der Waals surface area contributed by atoms with Crippen molar-refractivity contribution in [1.82, 2.24) is 14.9 Å². The molecule has 10 nitrogen and oxygen atoms in total. The molecule has 1 aliphatic rings. The van der Waals surface area contributed by atoms with E-state index in [0.717, 1.165) is 26.4 Å². The van der Waals surface area contributed by atoms with Crippen molar-refractivity contribution in [2.45, 2.75) is 39.0 Å². The fourth-order valence-corrected chi connectivity index (χ4v) is 4.79. The van der Waals surface area contributed by atoms with Gasteiger partial charge >= 0.3 is 7.60 Å². The Kier molecular flexibility index (Phi) is 6.85. The first-order chi connectivity index (χ1) is 15.0. The Balaban J connectivity index is 1.95. The van der Waals surface area contributed by atoms with Crippen LogP contribution in [0.3, 0.4) is 0 Å². The van der Waals surface area contributed by atoms with Crippen LogP contribution in [0.2, 0.25) is 0 Å². The van der Waals surface area contributed by atoms with Crippen LogP contribution >= 0.6 is 7.60 Å². The molecule has 0 atom stereocenters. The number of aromatic nitrogens is 2. The minimum absolute atomic E-state index is 0.0588. The van der Waals surface area contributed by atoms with Gasteiger partial charge in [-0.2, -0.15) is 0 Å². The molecule has 32 heavy (non-hydrogen) atoms. The maximum Gasteiger partial charge on any atom is 0.361 e. The largest absolute Gasteiger partial charge is 0.501 e. The number of benzene rings is 1. The molecule has 0 unspecified atom stereocenters. The Morgan fingerprint density at radius 3 is 2.72 bits per heavy atom. The van der Waals surface area contributed by atoms with Crippen molar-refractivity contribution in [2.24, 2.45) is 0 Å². The van der Waals surface area contributed by atoms with Gasteiger partial charge < -0.3 is 24.2 Å². The number of halogens is 1. The van der Waals surface area contributed by atoms with Crippen LogP contribution in [0.25, 0.3) is 0 Å². The van der Waals surface area contributed by atoms with Crippen LogP contribution in [0.4, 0.5) is 4.39 Å². The van der Waals surface area contributed by atoms with Crippen LogP contribution in [0.15, 0.2) is 23.0 Å². The van der Waals surface area contributed by atoms with Crippen molar-refractivity contribution >= 4 is 18.8 Å². The number of rotatable bonds is 6. The van der Waals surface area contributed by atoms with Crippen molar-refractivity contribution in [3.8, 4) is 5.75 Å². The Morgan fingerprint density at radius 1 is 1.38 bits per heavy atom. The summed E-state index contributed by atoms with van der Waals surface area (Å²) in [6.45, 7) is 3.90. The molecule has 0 spiro atoms. The van der Waals surface area contributed by atoms with Gasteiger partial charge in [-0.05, 0) is 38.0 Å². The van der Waals surface area contributed by atoms with Gasteiger partial charge in [0.15, 0.2) is 5.69 Å². The molecule has 0 bridgehead atoms. The summed E-state index contributed by atoms with van der Waals surface area (Å²) in [6, 6.07) is 3.45. The normalized spacial score (nSPS) is 15.7. The van der Waals surface area contributed by atoms with E-state index in [1.807, 2.05) is 0 Å². The van der Waals surface area contributed by atoms with Crippen molar-refractivity contribution in [3.63, 3.8) is 0 Å². The fraction of sp³-hybridized carbons (Fsp3) is 0.450. The lowest BCUT2D eigenvalue weighted by molar-refractivity contribution is -0.0227. The third kappa shape index (κ3) is 4.47. The molecule has 2 heterocycles. The molecule has 0 saturated heterocycles. The quantitative estimate of drug-likeness (QED) is 0.613. The Labute approximate surface area is 183 Å². The molecule has 1 aromatic carbocycles. The summed E-state index contributed by atoms with van der Waals surface area (Å²) in [6.07, 6.45) is 0.551. The van der Waals surface area contributed by atoms with Gasteiger partial charge in [0.05, 0.1) is 5.30 Å². The first-order valence-corrected chi connectivity index (χ1v) is 11.3. The Bertz CT molecular complexity index is 1140. The van der Waals surface area contributed by atoms with Crippen LogP contribution in [0, 0.1) is 5.82 Å². The number of carbonyl (C=O) groups excluding carboxylic acids is 1. The van der Waals surface area contributed by atoms with Gasteiger partial charge in [-0.15, -0.1) is 0 Å². The number of nitrogens with one attached hydrogen (secondary N) is 1. The number of amides is 1. The minimum Gasteiger partial charge on any atom is -0.501 e. The van der Waals surface area contributed by atoms with E-state index < -0.39 is 41.9 Å². The number of ether oxygens (including phenoxy) is 1. The smallest absolute Gasteiger partial charge is 0.361 e. The second-order valence-electron chi connectivity index (χ2n) is 7.62. The second kappa shape index (κ2) is 9.11. The number of nitrogens with zero attached hydrogens (tertiary/aromatic N) is 2. The van der Waals surface area contributed by atoms with E-state index in [9.17, 15) is 23.7 Å². The molecule has 0 radical (unpaired) electrons. The van der Waals surface area contributed by atoms with Crippen molar-refractivity contribution in [1.29, 1.82) is 0 Å². The van der Waals surface area contributed by atoms with Crippen LogP contribution < -0.4 is 16.2 Å². The summed E-state index contributed by atoms with van der Waals surface area (Å²) in [5.41, 5.74) is -1.90. The highest BCUT2D eigenvalue weighted by Crippen LogP contribution is 2.46. The van der Waals surface area contributed by atoms with Gasteiger partial charge in [-0.1, -0.05) is 6.07 Å². The van der Waals surface area contributed by atoms with E-state index in [0.29, 0.717) is 19.6 Å². The predicted molar refractivity (Wildman–Crippen MR) is 113 cm³/mol. The Hall–Kier alpha value is -2.59. The zero-order valence-electron chi connectivity index (χ0n) is 18.2. The zero-order valence-corrected chi connectivity index (χ0v) is 19.1. The maximum atomic E-state index is 13.8. The topological polar surface area (TPSA) is 129 Å². The first kappa shape index (κ1) is 24.1. The number of carbonyl (C=O) groups is 1. The van der Waals surface area contributed by atoms with Gasteiger partial charge in [0.1, 0.15) is 17.2 Å². The molecule has 1 aliphatic heterocycles. The standard InChI is InChI=1S/C20H25FN3O7P/c1-20(2)19-23-15(16(25)18(27)24(19)8-5-9-31-20)17(26)22-11-12-6-7-13(21)10-14(12)32(28,29-3)30-4/h6-7,10,25H,5,8-9,11H2,1-4H3,(H,22,26). The van der Waals surface area contributed by atoms with Gasteiger partial charge in [-0.3, -0.25) is 18.7 Å². The Morgan fingerprint density at radius 2 is 2.06 bits per heavy atom. The summed E-state index contributed by atoms with van der Waals surface area (Å²) in [5.74, 6) is -2.08. The highest BCUT2D eigenvalue weighted by Gasteiger charge is 2.33. The minimum atomic E-state index is -3.81. The lowest BCUT2D eigenvalue weighted by atomic mass is 10.1.